The first-order chi connectivity index (χ1) is 23.8. The van der Waals surface area contributed by atoms with Crippen LogP contribution in [0.5, 0.6) is 5.75 Å². The number of nitriles is 1. The highest BCUT2D eigenvalue weighted by atomic mass is 35.5. The van der Waals surface area contributed by atoms with Gasteiger partial charge in [0.1, 0.15) is 5.75 Å². The smallest absolute Gasteiger partial charge is 0.264 e. The van der Waals surface area contributed by atoms with E-state index in [0.29, 0.717) is 30.4 Å². The Bertz CT molecular complexity index is 1770. The number of hydrogen-bond donors (Lipinski definition) is 1. The molecule has 2 bridgehead atoms. The van der Waals surface area contributed by atoms with E-state index >= 15 is 0 Å². The molecule has 0 aromatic heterocycles. The predicted octanol–water partition coefficient (Wildman–Crippen LogP) is 6.36. The number of halogens is 1. The first kappa shape index (κ1) is 36.7. The third-order valence-corrected chi connectivity index (χ3v) is 13.9. The minimum absolute atomic E-state index is 0.0315. The molecule has 7 rings (SSSR count). The molecule has 3 heterocycles. The Labute approximate surface area is 303 Å². The van der Waals surface area contributed by atoms with Gasteiger partial charge in [-0.25, -0.2) is 13.1 Å². The molecule has 2 aromatic carbocycles. The molecule has 270 valence electrons. The number of sulfonamides is 1. The molecule has 2 aliphatic carbocycles. The van der Waals surface area contributed by atoms with Crippen molar-refractivity contribution in [3.63, 3.8) is 0 Å². The van der Waals surface area contributed by atoms with Crippen LogP contribution in [0.2, 0.25) is 5.02 Å². The Balaban J connectivity index is 0.000000477. The van der Waals surface area contributed by atoms with Gasteiger partial charge in [0.05, 0.1) is 35.1 Å². The van der Waals surface area contributed by atoms with Gasteiger partial charge in [-0.2, -0.15) is 5.26 Å². The molecule has 5 aliphatic rings. The van der Waals surface area contributed by atoms with Gasteiger partial charge in [-0.15, -0.1) is 0 Å². The van der Waals surface area contributed by atoms with Crippen LogP contribution in [0.3, 0.4) is 0 Å². The monoisotopic (exact) mass is 722 g/mol. The molecule has 1 amide bonds. The maximum atomic E-state index is 13.4. The third-order valence-electron chi connectivity index (χ3n) is 11.8. The lowest BCUT2D eigenvalue weighted by atomic mass is 9.68. The summed E-state index contributed by atoms with van der Waals surface area (Å²) < 4.78 is 41.3. The van der Waals surface area contributed by atoms with Crippen molar-refractivity contribution in [3.05, 3.63) is 70.3 Å². The second kappa shape index (κ2) is 14.5. The van der Waals surface area contributed by atoms with Crippen molar-refractivity contribution in [2.24, 2.45) is 23.2 Å². The quantitative estimate of drug-likeness (QED) is 0.339. The fraction of sp³-hybridized carbons (Fsp3) is 0.590. The number of carbonyl (C=O) groups excluding carboxylic acids is 1. The van der Waals surface area contributed by atoms with Crippen LogP contribution in [0, 0.1) is 34.5 Å². The molecular weight excluding hydrogens is 672 g/mol. The molecule has 5 unspecified atom stereocenters. The standard InChI is InChI=1S/C33H41ClN2O5S.C6H10N2/c1-21-6-4-8-30(40-3)27-12-9-25(27)18-36-19-33(15-5-7-23-16-26(34)11-13-28(23)33)20-41-31-14-10-24(17-29(31)36)32(37)35-42(38,39)22(21)2;1-6(3-7)4-8(2)5-6/h4,8,10-11,13-14,16-17,21-22,25,27,30H,5-7,9,12,15,18-20H2,1-3H3,(H,35,37);4-5H2,1-2H3/b8-4+;/t21?,22?,25?,27?,30?,33-;/m0./s1. The Morgan fingerprint density at radius 1 is 1.12 bits per heavy atom. The number of ether oxygens (including phenoxy) is 2. The van der Waals surface area contributed by atoms with Crippen molar-refractivity contribution in [1.29, 1.82) is 5.26 Å². The normalized spacial score (nSPS) is 32.1. The second-order valence-corrected chi connectivity index (χ2v) is 18.1. The number of aryl methyl sites for hydroxylation is 1. The number of benzene rings is 2. The van der Waals surface area contributed by atoms with Gasteiger partial charge in [0.15, 0.2) is 0 Å². The Morgan fingerprint density at radius 2 is 1.90 bits per heavy atom. The molecule has 1 N–H and O–H groups in total. The van der Waals surface area contributed by atoms with E-state index in [0.717, 1.165) is 74.7 Å². The number of allylic oxidation sites excluding steroid dienone is 1. The van der Waals surface area contributed by atoms with Gasteiger partial charge in [-0.1, -0.05) is 36.7 Å². The predicted molar refractivity (Wildman–Crippen MR) is 197 cm³/mol. The molecule has 1 spiro atoms. The van der Waals surface area contributed by atoms with Crippen LogP contribution >= 0.6 is 11.6 Å². The maximum absolute atomic E-state index is 13.4. The summed E-state index contributed by atoms with van der Waals surface area (Å²) in [6.45, 7) is 9.49. The number of nitrogens with zero attached hydrogens (tertiary/aromatic N) is 3. The minimum Gasteiger partial charge on any atom is -0.490 e. The van der Waals surface area contributed by atoms with Gasteiger partial charge in [0, 0.05) is 49.3 Å². The zero-order chi connectivity index (χ0) is 35.8. The molecule has 1 saturated heterocycles. The highest BCUT2D eigenvalue weighted by Gasteiger charge is 2.44. The lowest BCUT2D eigenvalue weighted by Gasteiger charge is -2.46. The topological polar surface area (TPSA) is 112 Å². The van der Waals surface area contributed by atoms with Crippen molar-refractivity contribution in [1.82, 2.24) is 9.62 Å². The third kappa shape index (κ3) is 7.43. The summed E-state index contributed by atoms with van der Waals surface area (Å²) in [5.41, 5.74) is 3.45. The fourth-order valence-electron chi connectivity index (χ4n) is 8.61. The summed E-state index contributed by atoms with van der Waals surface area (Å²) in [7, 11) is -0.0987. The van der Waals surface area contributed by atoms with Gasteiger partial charge in [0.2, 0.25) is 10.0 Å². The van der Waals surface area contributed by atoms with Crippen LogP contribution in [-0.2, 0) is 26.6 Å². The number of nitrogens with one attached hydrogen (secondary N) is 1. The molecule has 2 fully saturated rings. The summed E-state index contributed by atoms with van der Waals surface area (Å²) in [5.74, 6) is 0.710. The van der Waals surface area contributed by atoms with E-state index in [1.165, 1.54) is 11.1 Å². The maximum Gasteiger partial charge on any atom is 0.264 e. The molecule has 1 saturated carbocycles. The zero-order valence-electron chi connectivity index (χ0n) is 30.0. The van der Waals surface area contributed by atoms with E-state index in [2.05, 4.69) is 38.8 Å². The van der Waals surface area contributed by atoms with E-state index in [1.54, 1.807) is 20.1 Å². The number of rotatable bonds is 1. The molecule has 3 aliphatic heterocycles. The fourth-order valence-corrected chi connectivity index (χ4v) is 10.1. The number of amides is 1. The van der Waals surface area contributed by atoms with E-state index in [-0.39, 0.29) is 22.9 Å². The molecular formula is C39H51ClN4O5S. The second-order valence-electron chi connectivity index (χ2n) is 15.7. The van der Waals surface area contributed by atoms with Crippen LogP contribution in [0.1, 0.15) is 74.4 Å². The number of hydrogen-bond acceptors (Lipinski definition) is 8. The van der Waals surface area contributed by atoms with Crippen molar-refractivity contribution >= 4 is 33.2 Å². The Hall–Kier alpha value is -3.10. The first-order valence-electron chi connectivity index (χ1n) is 17.9. The highest BCUT2D eigenvalue weighted by Crippen LogP contribution is 2.47. The van der Waals surface area contributed by atoms with E-state index < -0.39 is 21.2 Å². The summed E-state index contributed by atoms with van der Waals surface area (Å²) in [6.07, 6.45) is 9.93. The number of carbonyl (C=O) groups is 1. The van der Waals surface area contributed by atoms with E-state index in [4.69, 9.17) is 26.3 Å². The SMILES string of the molecule is CN1CC(C)(C#N)C1.COC1/C=C/CC(C)C(C)S(=O)(=O)NC(=O)c2ccc3c(c2)N(CC2CCC21)C[C@@]1(CCCc2cc(Cl)ccc21)CO3. The average molecular weight is 723 g/mol. The Kier molecular flexibility index (Phi) is 10.6. The summed E-state index contributed by atoms with van der Waals surface area (Å²) in [5, 5.41) is 8.50. The first-order valence-corrected chi connectivity index (χ1v) is 19.8. The largest absolute Gasteiger partial charge is 0.490 e. The molecule has 0 radical (unpaired) electrons. The summed E-state index contributed by atoms with van der Waals surface area (Å²) in [6, 6.07) is 13.8. The zero-order valence-corrected chi connectivity index (χ0v) is 31.5. The lowest BCUT2D eigenvalue weighted by Crippen LogP contribution is -2.51. The van der Waals surface area contributed by atoms with Gasteiger partial charge in [-0.05, 0) is 119 Å². The van der Waals surface area contributed by atoms with Crippen LogP contribution in [-0.4, -0.2) is 77.5 Å². The van der Waals surface area contributed by atoms with E-state index in [1.807, 2.05) is 45.2 Å². The van der Waals surface area contributed by atoms with Crippen molar-refractivity contribution in [3.8, 4) is 11.8 Å². The van der Waals surface area contributed by atoms with Gasteiger partial charge >= 0.3 is 0 Å². The van der Waals surface area contributed by atoms with Crippen molar-refractivity contribution in [2.75, 3.05) is 51.8 Å². The number of methoxy groups -OCH3 is 1. The molecule has 2 aromatic rings. The molecule has 50 heavy (non-hydrogen) atoms. The van der Waals surface area contributed by atoms with Crippen LogP contribution < -0.4 is 14.4 Å². The minimum atomic E-state index is -3.88. The van der Waals surface area contributed by atoms with Crippen molar-refractivity contribution in [2.45, 2.75) is 76.1 Å². The van der Waals surface area contributed by atoms with Gasteiger partial charge in [0.25, 0.3) is 5.91 Å². The van der Waals surface area contributed by atoms with Crippen LogP contribution in [0.4, 0.5) is 5.69 Å². The van der Waals surface area contributed by atoms with Crippen LogP contribution in [0.15, 0.2) is 48.6 Å². The average Bonchev–Trinajstić information content (AvgIpc) is 3.21. The Morgan fingerprint density at radius 3 is 2.56 bits per heavy atom. The summed E-state index contributed by atoms with van der Waals surface area (Å²) >= 11 is 6.40. The lowest BCUT2D eigenvalue weighted by molar-refractivity contribution is 0.0131. The molecule has 11 heteroatoms. The number of fused-ring (bicyclic) bond motifs is 4. The number of likely N-dealkylation sites (tertiary alicyclic amines) is 1. The molecule has 9 nitrogen and oxygen atoms in total. The van der Waals surface area contributed by atoms with Crippen LogP contribution in [0.25, 0.3) is 0 Å². The number of anilines is 1. The molecule has 6 atom stereocenters. The highest BCUT2D eigenvalue weighted by molar-refractivity contribution is 7.90. The van der Waals surface area contributed by atoms with Gasteiger partial charge in [-0.3, -0.25) is 4.79 Å². The van der Waals surface area contributed by atoms with E-state index in [9.17, 15) is 13.2 Å². The van der Waals surface area contributed by atoms with Crippen molar-refractivity contribution < 1.29 is 22.7 Å². The van der Waals surface area contributed by atoms with Gasteiger partial charge < -0.3 is 19.3 Å². The summed E-state index contributed by atoms with van der Waals surface area (Å²) in [4.78, 5) is 17.9.